The number of fused-ring (bicyclic) bond motifs is 8. The lowest BCUT2D eigenvalue weighted by molar-refractivity contribution is 0.645. The molecule has 0 atom stereocenters. The van der Waals surface area contributed by atoms with E-state index in [1.807, 2.05) is 11.3 Å². The van der Waals surface area contributed by atoms with Gasteiger partial charge in [0.25, 0.3) is 0 Å². The van der Waals surface area contributed by atoms with Gasteiger partial charge in [0, 0.05) is 43.3 Å². The second-order valence-corrected chi connectivity index (χ2v) is 14.8. The lowest BCUT2D eigenvalue weighted by atomic mass is 10.0. The Bertz CT molecular complexity index is 3150. The summed E-state index contributed by atoms with van der Waals surface area (Å²) in [5.41, 5.74) is 12.0. The molecular weight excluding hydrogens is 677 g/mol. The standard InChI is InChI=1S/C50H32N2OS/c1-3-13-33(14-4-1)34-25-28-38(29-26-34)51(45-23-12-21-41-40-19-8-10-24-47(40)54-49(41)45)39-18-11-15-35(31-39)36-27-30-43-46(32-36)53-50-48(43)42-20-7-9-22-44(42)52(50)37-16-5-2-6-17-37/h1-32H. The van der Waals surface area contributed by atoms with Crippen LogP contribution in [0.15, 0.2) is 199 Å². The molecule has 0 amide bonds. The number of hydrogen-bond donors (Lipinski definition) is 0. The molecule has 3 nitrogen and oxygen atoms in total. The molecule has 0 unspecified atom stereocenters. The summed E-state index contributed by atoms with van der Waals surface area (Å²) in [6, 6.07) is 69.5. The van der Waals surface area contributed by atoms with Gasteiger partial charge >= 0.3 is 0 Å². The summed E-state index contributed by atoms with van der Waals surface area (Å²) in [4.78, 5) is 2.41. The molecule has 0 saturated heterocycles. The number of furan rings is 1. The van der Waals surface area contributed by atoms with Crippen LogP contribution >= 0.6 is 11.3 Å². The molecule has 11 aromatic rings. The van der Waals surface area contributed by atoms with Crippen molar-refractivity contribution >= 4 is 81.5 Å². The predicted octanol–water partition coefficient (Wildman–Crippen LogP) is 14.7. The summed E-state index contributed by atoms with van der Waals surface area (Å²) in [7, 11) is 0. The van der Waals surface area contributed by atoms with Gasteiger partial charge in [0.2, 0.25) is 5.71 Å². The largest absolute Gasteiger partial charge is 0.439 e. The number of rotatable bonds is 6. The van der Waals surface area contributed by atoms with Gasteiger partial charge in [-0.15, -0.1) is 11.3 Å². The van der Waals surface area contributed by atoms with Crippen molar-refractivity contribution in [1.29, 1.82) is 0 Å². The number of para-hydroxylation sites is 2. The van der Waals surface area contributed by atoms with E-state index in [4.69, 9.17) is 4.42 Å². The zero-order valence-electron chi connectivity index (χ0n) is 29.2. The van der Waals surface area contributed by atoms with Gasteiger partial charge < -0.3 is 9.32 Å². The summed E-state index contributed by atoms with van der Waals surface area (Å²) in [5, 5.41) is 6.02. The maximum Gasteiger partial charge on any atom is 0.213 e. The molecule has 0 saturated carbocycles. The van der Waals surface area contributed by atoms with Gasteiger partial charge in [0.15, 0.2) is 0 Å². The highest BCUT2D eigenvalue weighted by Crippen LogP contribution is 2.46. The smallest absolute Gasteiger partial charge is 0.213 e. The molecule has 0 N–H and O–H groups in total. The topological polar surface area (TPSA) is 21.3 Å². The zero-order valence-corrected chi connectivity index (χ0v) is 30.0. The number of nitrogens with zero attached hydrogens (tertiary/aromatic N) is 2. The summed E-state index contributed by atoms with van der Waals surface area (Å²) >= 11 is 1.85. The van der Waals surface area contributed by atoms with Crippen LogP contribution in [0, 0.1) is 0 Å². The Kier molecular flexibility index (Phi) is 7.04. The number of benzene rings is 8. The van der Waals surface area contributed by atoms with Crippen LogP contribution in [0.5, 0.6) is 0 Å². The maximum absolute atomic E-state index is 6.78. The number of aromatic nitrogens is 1. The highest BCUT2D eigenvalue weighted by atomic mass is 32.1. The Morgan fingerprint density at radius 1 is 0.444 bits per heavy atom. The second kappa shape index (κ2) is 12.4. The molecule has 8 aromatic carbocycles. The van der Waals surface area contributed by atoms with Crippen molar-refractivity contribution in [2.75, 3.05) is 4.90 Å². The normalized spacial score (nSPS) is 11.7. The van der Waals surface area contributed by atoms with Crippen LogP contribution < -0.4 is 4.90 Å². The highest BCUT2D eigenvalue weighted by molar-refractivity contribution is 7.26. The first-order valence-electron chi connectivity index (χ1n) is 18.3. The number of thiophene rings is 1. The predicted molar refractivity (Wildman–Crippen MR) is 229 cm³/mol. The van der Waals surface area contributed by atoms with Crippen molar-refractivity contribution in [1.82, 2.24) is 4.57 Å². The second-order valence-electron chi connectivity index (χ2n) is 13.7. The molecule has 0 aliphatic carbocycles. The van der Waals surface area contributed by atoms with Gasteiger partial charge in [-0.25, -0.2) is 0 Å². The van der Waals surface area contributed by atoms with Crippen LogP contribution in [-0.2, 0) is 0 Å². The van der Waals surface area contributed by atoms with Gasteiger partial charge in [0.1, 0.15) is 5.58 Å². The van der Waals surface area contributed by atoms with Crippen molar-refractivity contribution in [3.63, 3.8) is 0 Å². The number of hydrogen-bond acceptors (Lipinski definition) is 3. The van der Waals surface area contributed by atoms with E-state index in [0.717, 1.165) is 61.5 Å². The quantitative estimate of drug-likeness (QED) is 0.171. The zero-order chi connectivity index (χ0) is 35.6. The summed E-state index contributed by atoms with van der Waals surface area (Å²) in [6.07, 6.45) is 0. The van der Waals surface area contributed by atoms with E-state index in [-0.39, 0.29) is 0 Å². The molecule has 0 radical (unpaired) electrons. The van der Waals surface area contributed by atoms with E-state index < -0.39 is 0 Å². The van der Waals surface area contributed by atoms with Crippen LogP contribution in [-0.4, -0.2) is 4.57 Å². The SMILES string of the molecule is c1ccc(-c2ccc(N(c3cccc(-c4ccc5c(c4)oc4c5c5ccccc5n4-c4ccccc4)c3)c3cccc4c3sc3ccccc34)cc2)cc1. The van der Waals surface area contributed by atoms with Crippen LogP contribution in [0.2, 0.25) is 0 Å². The minimum atomic E-state index is 0.866. The molecule has 11 rings (SSSR count). The molecule has 3 aromatic heterocycles. The first-order chi connectivity index (χ1) is 26.8. The van der Waals surface area contributed by atoms with Crippen LogP contribution in [0.3, 0.4) is 0 Å². The van der Waals surface area contributed by atoms with Gasteiger partial charge in [0.05, 0.1) is 21.3 Å². The molecule has 3 heterocycles. The number of anilines is 3. The van der Waals surface area contributed by atoms with E-state index >= 15 is 0 Å². The Labute approximate surface area is 316 Å². The fourth-order valence-electron chi connectivity index (χ4n) is 8.10. The third kappa shape index (κ3) is 4.88. The Morgan fingerprint density at radius 3 is 1.94 bits per heavy atom. The van der Waals surface area contributed by atoms with Crippen molar-refractivity contribution in [2.45, 2.75) is 0 Å². The van der Waals surface area contributed by atoms with Crippen LogP contribution in [0.1, 0.15) is 0 Å². The monoisotopic (exact) mass is 708 g/mol. The minimum absolute atomic E-state index is 0.866. The molecule has 0 aliphatic heterocycles. The van der Waals surface area contributed by atoms with E-state index in [1.54, 1.807) is 0 Å². The van der Waals surface area contributed by atoms with Crippen molar-refractivity contribution < 1.29 is 4.42 Å². The maximum atomic E-state index is 6.78. The lowest BCUT2D eigenvalue weighted by Gasteiger charge is -2.27. The average molecular weight is 709 g/mol. The molecule has 254 valence electrons. The molecule has 0 spiro atoms. The molecule has 0 fully saturated rings. The average Bonchev–Trinajstić information content (AvgIpc) is 3.91. The first kappa shape index (κ1) is 30.7. The molecule has 0 aliphatic rings. The van der Waals surface area contributed by atoms with E-state index in [9.17, 15) is 0 Å². The molecule has 4 heteroatoms. The molecular formula is C50H32N2OS. The minimum Gasteiger partial charge on any atom is -0.439 e. The fraction of sp³-hybridized carbons (Fsp3) is 0. The lowest BCUT2D eigenvalue weighted by Crippen LogP contribution is -2.10. The summed E-state index contributed by atoms with van der Waals surface area (Å²) in [6.45, 7) is 0. The Morgan fingerprint density at radius 2 is 1.09 bits per heavy atom. The first-order valence-corrected chi connectivity index (χ1v) is 19.1. The van der Waals surface area contributed by atoms with Crippen molar-refractivity contribution in [2.24, 2.45) is 0 Å². The van der Waals surface area contributed by atoms with E-state index in [2.05, 4.69) is 204 Å². The Hall–Kier alpha value is -6.88. The molecule has 54 heavy (non-hydrogen) atoms. The van der Waals surface area contributed by atoms with Crippen LogP contribution in [0.25, 0.3) is 81.1 Å². The van der Waals surface area contributed by atoms with Gasteiger partial charge in [-0.1, -0.05) is 127 Å². The third-order valence-corrected chi connectivity index (χ3v) is 11.8. The van der Waals surface area contributed by atoms with Gasteiger partial charge in [-0.2, -0.15) is 0 Å². The fourth-order valence-corrected chi connectivity index (χ4v) is 9.30. The van der Waals surface area contributed by atoms with Crippen molar-refractivity contribution in [3.05, 3.63) is 194 Å². The summed E-state index contributed by atoms with van der Waals surface area (Å²) < 4.78 is 11.6. The third-order valence-electron chi connectivity index (χ3n) is 10.6. The Balaban J connectivity index is 1.07. The van der Waals surface area contributed by atoms with E-state index in [0.29, 0.717) is 0 Å². The molecule has 0 bridgehead atoms. The van der Waals surface area contributed by atoms with Crippen LogP contribution in [0.4, 0.5) is 17.1 Å². The highest BCUT2D eigenvalue weighted by Gasteiger charge is 2.21. The van der Waals surface area contributed by atoms with E-state index in [1.165, 1.54) is 36.7 Å². The van der Waals surface area contributed by atoms with Gasteiger partial charge in [-0.3, -0.25) is 4.57 Å². The summed E-state index contributed by atoms with van der Waals surface area (Å²) in [5.74, 6) is 0. The van der Waals surface area contributed by atoms with Gasteiger partial charge in [-0.05, 0) is 89.0 Å². The van der Waals surface area contributed by atoms with Crippen molar-refractivity contribution in [3.8, 4) is 27.9 Å².